The van der Waals surface area contributed by atoms with Crippen molar-refractivity contribution in [1.29, 1.82) is 0 Å². The van der Waals surface area contributed by atoms with Crippen LogP contribution in [0.2, 0.25) is 0 Å². The summed E-state index contributed by atoms with van der Waals surface area (Å²) in [6.07, 6.45) is 1.99. The highest BCUT2D eigenvalue weighted by Gasteiger charge is 2.33. The molecule has 118 valence electrons. The Balaban J connectivity index is 1.96. The van der Waals surface area contributed by atoms with E-state index in [1.807, 2.05) is 0 Å². The highest BCUT2D eigenvalue weighted by Crippen LogP contribution is 2.39. The van der Waals surface area contributed by atoms with Crippen molar-refractivity contribution in [2.75, 3.05) is 0 Å². The van der Waals surface area contributed by atoms with Gasteiger partial charge in [0.25, 0.3) is 0 Å². The van der Waals surface area contributed by atoms with Crippen molar-refractivity contribution in [3.8, 4) is 5.75 Å². The molecule has 1 unspecified atom stereocenters. The Bertz CT molecular complexity index is 450. The van der Waals surface area contributed by atoms with Gasteiger partial charge in [0.05, 0.1) is 0 Å². The van der Waals surface area contributed by atoms with Gasteiger partial charge in [0.2, 0.25) is 0 Å². The van der Waals surface area contributed by atoms with E-state index in [1.54, 1.807) is 12.1 Å². The molecule has 0 radical (unpaired) electrons. The van der Waals surface area contributed by atoms with E-state index < -0.39 is 6.36 Å². The Morgan fingerprint density at radius 3 is 2.24 bits per heavy atom. The summed E-state index contributed by atoms with van der Waals surface area (Å²) < 4.78 is 40.2. The number of ether oxygens (including phenoxy) is 1. The van der Waals surface area contributed by atoms with Gasteiger partial charge in [-0.25, -0.2) is 0 Å². The van der Waals surface area contributed by atoms with Gasteiger partial charge < -0.3 is 10.5 Å². The molecule has 0 amide bonds. The lowest BCUT2D eigenvalue weighted by Gasteiger charge is -2.39. The highest BCUT2D eigenvalue weighted by molar-refractivity contribution is 5.28. The maximum Gasteiger partial charge on any atom is 0.573 e. The number of nitrogens with two attached hydrogens (primary N) is 1. The third-order valence-corrected chi connectivity index (χ3v) is 4.50. The van der Waals surface area contributed by atoms with Crippen molar-refractivity contribution < 1.29 is 17.9 Å². The Labute approximate surface area is 123 Å². The first-order valence-corrected chi connectivity index (χ1v) is 7.39. The van der Waals surface area contributed by atoms with Crippen molar-refractivity contribution in [3.63, 3.8) is 0 Å². The summed E-state index contributed by atoms with van der Waals surface area (Å²) in [5, 5.41) is 0. The zero-order chi connectivity index (χ0) is 15.5. The topological polar surface area (TPSA) is 35.2 Å². The Hall–Kier alpha value is -1.23. The van der Waals surface area contributed by atoms with E-state index in [1.165, 1.54) is 31.4 Å². The van der Waals surface area contributed by atoms with Crippen molar-refractivity contribution in [3.05, 3.63) is 29.8 Å². The van der Waals surface area contributed by atoms with E-state index in [-0.39, 0.29) is 17.2 Å². The third-order valence-electron chi connectivity index (χ3n) is 4.50. The lowest BCUT2D eigenvalue weighted by molar-refractivity contribution is -0.274. The summed E-state index contributed by atoms with van der Waals surface area (Å²) in [5.41, 5.74) is 7.43. The molecule has 1 aliphatic carbocycles. The molecule has 1 fully saturated rings. The molecule has 1 saturated carbocycles. The van der Waals surface area contributed by atoms with E-state index in [2.05, 4.69) is 11.7 Å². The van der Waals surface area contributed by atoms with Crippen LogP contribution >= 0.6 is 0 Å². The fourth-order valence-corrected chi connectivity index (χ4v) is 3.06. The van der Waals surface area contributed by atoms with Gasteiger partial charge in [-0.15, -0.1) is 13.2 Å². The van der Waals surface area contributed by atoms with Crippen LogP contribution < -0.4 is 10.5 Å². The van der Waals surface area contributed by atoms with Crippen LogP contribution in [0.25, 0.3) is 0 Å². The fraction of sp³-hybridized carbons (Fsp3) is 0.625. The molecule has 2 rings (SSSR count). The van der Waals surface area contributed by atoms with Crippen LogP contribution in [0.15, 0.2) is 24.3 Å². The minimum absolute atomic E-state index is 0.0344. The minimum Gasteiger partial charge on any atom is -0.406 e. The summed E-state index contributed by atoms with van der Waals surface area (Å²) in [4.78, 5) is 0. The smallest absolute Gasteiger partial charge is 0.406 e. The molecule has 0 saturated heterocycles. The van der Waals surface area contributed by atoms with Gasteiger partial charge in [-0.3, -0.25) is 0 Å². The van der Waals surface area contributed by atoms with Gasteiger partial charge in [0, 0.05) is 6.04 Å². The van der Waals surface area contributed by atoms with Gasteiger partial charge in [0.15, 0.2) is 0 Å². The number of hydrogen-bond donors (Lipinski definition) is 1. The van der Waals surface area contributed by atoms with Crippen molar-refractivity contribution in [2.24, 2.45) is 11.1 Å². The summed E-state index contributed by atoms with van der Waals surface area (Å²) >= 11 is 0. The molecule has 2 N–H and O–H groups in total. The standard InChI is InChI=1S/C16H22F3NO/c1-15(9-3-2-4-10-15)14(20)11-12-5-7-13(8-6-12)21-16(17,18)19/h5-8,14H,2-4,9-11,20H2,1H3. The summed E-state index contributed by atoms with van der Waals surface area (Å²) in [6, 6.07) is 6.05. The van der Waals surface area contributed by atoms with Crippen LogP contribution in [0.1, 0.15) is 44.6 Å². The number of halogens is 3. The second-order valence-electron chi connectivity index (χ2n) is 6.22. The highest BCUT2D eigenvalue weighted by atomic mass is 19.4. The molecule has 1 aromatic carbocycles. The molecule has 1 aromatic rings. The molecular weight excluding hydrogens is 279 g/mol. The lowest BCUT2D eigenvalue weighted by Crippen LogP contribution is -2.42. The largest absolute Gasteiger partial charge is 0.573 e. The Morgan fingerprint density at radius 2 is 1.71 bits per heavy atom. The van der Waals surface area contributed by atoms with Crippen molar-refractivity contribution >= 4 is 0 Å². The third kappa shape index (κ3) is 4.63. The van der Waals surface area contributed by atoms with Crippen LogP contribution in [0, 0.1) is 5.41 Å². The molecule has 2 nitrogen and oxygen atoms in total. The molecule has 21 heavy (non-hydrogen) atoms. The molecule has 0 aliphatic heterocycles. The van der Waals surface area contributed by atoms with E-state index >= 15 is 0 Å². The maximum absolute atomic E-state index is 12.1. The van der Waals surface area contributed by atoms with Crippen molar-refractivity contribution in [2.45, 2.75) is 57.9 Å². The molecule has 0 spiro atoms. The SMILES string of the molecule is CC1(C(N)Cc2ccc(OC(F)(F)F)cc2)CCCCC1. The fourth-order valence-electron chi connectivity index (χ4n) is 3.06. The minimum atomic E-state index is -4.65. The first kappa shape index (κ1) is 16.1. The zero-order valence-electron chi connectivity index (χ0n) is 12.2. The van der Waals surface area contributed by atoms with E-state index in [9.17, 15) is 13.2 Å². The number of rotatable bonds is 4. The van der Waals surface area contributed by atoms with E-state index in [0.717, 1.165) is 18.4 Å². The number of hydrogen-bond acceptors (Lipinski definition) is 2. The average molecular weight is 301 g/mol. The van der Waals surface area contributed by atoms with Gasteiger partial charge in [-0.2, -0.15) is 0 Å². The van der Waals surface area contributed by atoms with Gasteiger partial charge in [0.1, 0.15) is 5.75 Å². The predicted octanol–water partition coefficient (Wildman–Crippen LogP) is 4.43. The van der Waals surface area contributed by atoms with Crippen LogP contribution in [0.4, 0.5) is 13.2 Å². The first-order valence-electron chi connectivity index (χ1n) is 7.39. The zero-order valence-corrected chi connectivity index (χ0v) is 12.2. The van der Waals surface area contributed by atoms with Crippen molar-refractivity contribution in [1.82, 2.24) is 0 Å². The average Bonchev–Trinajstić information content (AvgIpc) is 2.40. The Morgan fingerprint density at radius 1 is 1.14 bits per heavy atom. The van der Waals surface area contributed by atoms with Gasteiger partial charge in [-0.1, -0.05) is 38.3 Å². The predicted molar refractivity (Wildman–Crippen MR) is 76.0 cm³/mol. The molecule has 0 bridgehead atoms. The molecule has 5 heteroatoms. The number of alkyl halides is 3. The van der Waals surface area contributed by atoms with Crippen LogP contribution in [-0.4, -0.2) is 12.4 Å². The van der Waals surface area contributed by atoms with E-state index in [0.29, 0.717) is 6.42 Å². The quantitative estimate of drug-likeness (QED) is 0.893. The van der Waals surface area contributed by atoms with Gasteiger partial charge >= 0.3 is 6.36 Å². The van der Waals surface area contributed by atoms with Crippen LogP contribution in [-0.2, 0) is 6.42 Å². The number of benzene rings is 1. The second kappa shape index (κ2) is 6.26. The van der Waals surface area contributed by atoms with Crippen LogP contribution in [0.3, 0.4) is 0 Å². The Kier molecular flexibility index (Phi) is 4.81. The second-order valence-corrected chi connectivity index (χ2v) is 6.22. The van der Waals surface area contributed by atoms with E-state index in [4.69, 9.17) is 5.73 Å². The summed E-state index contributed by atoms with van der Waals surface area (Å²) in [5.74, 6) is -0.191. The molecule has 0 aromatic heterocycles. The summed E-state index contributed by atoms with van der Waals surface area (Å²) in [6.45, 7) is 2.22. The lowest BCUT2D eigenvalue weighted by atomic mass is 9.69. The summed E-state index contributed by atoms with van der Waals surface area (Å²) in [7, 11) is 0. The molecular formula is C16H22F3NO. The molecule has 0 heterocycles. The van der Waals surface area contributed by atoms with Crippen LogP contribution in [0.5, 0.6) is 5.75 Å². The normalized spacial score (nSPS) is 20.0. The van der Waals surface area contributed by atoms with Gasteiger partial charge in [-0.05, 0) is 42.4 Å². The molecule has 1 atom stereocenters. The monoisotopic (exact) mass is 301 g/mol. The first-order chi connectivity index (χ1) is 9.78. The maximum atomic E-state index is 12.1. The molecule has 1 aliphatic rings.